The third kappa shape index (κ3) is 6.27. The Morgan fingerprint density at radius 2 is 1.60 bits per heavy atom. The molecule has 0 amide bonds. The highest BCUT2D eigenvalue weighted by atomic mass is 32.2. The molecular formula is C27H29N3O4S. The quantitative estimate of drug-likeness (QED) is 0.500. The molecule has 3 aromatic rings. The number of allylic oxidation sites excluding steroid dienone is 1. The van der Waals surface area contributed by atoms with E-state index in [1.807, 2.05) is 0 Å². The second kappa shape index (κ2) is 11.2. The molecule has 0 atom stereocenters. The maximum absolute atomic E-state index is 11.9. The predicted molar refractivity (Wildman–Crippen MR) is 139 cm³/mol. The van der Waals surface area contributed by atoms with E-state index in [1.54, 1.807) is 36.4 Å². The first kappa shape index (κ1) is 24.5. The van der Waals surface area contributed by atoms with Crippen molar-refractivity contribution in [3.8, 4) is 0 Å². The number of nitrogens with one attached hydrogen (secondary N) is 2. The van der Waals surface area contributed by atoms with E-state index in [0.29, 0.717) is 5.39 Å². The van der Waals surface area contributed by atoms with E-state index in [1.165, 1.54) is 35.7 Å². The number of hydrogen-bond donors (Lipinski definition) is 3. The second-order valence-corrected chi connectivity index (χ2v) is 10.4. The Labute approximate surface area is 205 Å². The standard InChI is InChI=1S/C15H19N3.C12H10O4S/c1-2-9-16-14(4-1)12-5-7-13(8-6-12)15-17-10-3-11-18-15;13-12(14)8-17(15,16)11-7-3-5-9-4-1-2-6-10(9)11/h4-8,16H,1-3,9-11H2,(H,17,18);1-7H,8H2,(H,13,14). The molecular weight excluding hydrogens is 462 g/mol. The average molecular weight is 492 g/mol. The normalized spacial score (nSPS) is 15.5. The largest absolute Gasteiger partial charge is 0.480 e. The molecule has 0 radical (unpaired) electrons. The second-order valence-electron chi connectivity index (χ2n) is 8.40. The average Bonchev–Trinajstić information content (AvgIpc) is 2.89. The molecule has 3 N–H and O–H groups in total. The number of sulfone groups is 1. The summed E-state index contributed by atoms with van der Waals surface area (Å²) in [5.74, 6) is -1.20. The number of aliphatic carboxylic acids is 1. The van der Waals surface area contributed by atoms with Gasteiger partial charge in [-0.15, -0.1) is 0 Å². The molecule has 182 valence electrons. The molecule has 0 saturated carbocycles. The van der Waals surface area contributed by atoms with Gasteiger partial charge in [-0.05, 0) is 36.3 Å². The lowest BCUT2D eigenvalue weighted by Gasteiger charge is -2.17. The number of carboxylic acids is 1. The van der Waals surface area contributed by atoms with E-state index < -0.39 is 21.6 Å². The molecule has 0 aliphatic carbocycles. The summed E-state index contributed by atoms with van der Waals surface area (Å²) in [6, 6.07) is 20.5. The van der Waals surface area contributed by atoms with Crippen LogP contribution in [-0.4, -0.2) is 50.7 Å². The van der Waals surface area contributed by atoms with Gasteiger partial charge in [0.2, 0.25) is 0 Å². The third-order valence-corrected chi connectivity index (χ3v) is 7.46. The van der Waals surface area contributed by atoms with Crippen LogP contribution in [0.5, 0.6) is 0 Å². The number of rotatable bonds is 5. The number of benzene rings is 3. The van der Waals surface area contributed by atoms with E-state index in [9.17, 15) is 13.2 Å². The minimum Gasteiger partial charge on any atom is -0.480 e. The molecule has 0 spiro atoms. The van der Waals surface area contributed by atoms with Gasteiger partial charge < -0.3 is 15.7 Å². The highest BCUT2D eigenvalue weighted by Gasteiger charge is 2.20. The lowest BCUT2D eigenvalue weighted by atomic mass is 10.0. The van der Waals surface area contributed by atoms with E-state index in [-0.39, 0.29) is 4.90 Å². The van der Waals surface area contributed by atoms with Crippen molar-refractivity contribution in [2.75, 3.05) is 25.4 Å². The Hall–Kier alpha value is -3.65. The fraction of sp³-hybridized carbons (Fsp3) is 0.259. The lowest BCUT2D eigenvalue weighted by molar-refractivity contribution is -0.134. The summed E-state index contributed by atoms with van der Waals surface area (Å²) >= 11 is 0. The van der Waals surface area contributed by atoms with Gasteiger partial charge in [0.15, 0.2) is 15.6 Å². The third-order valence-electron chi connectivity index (χ3n) is 5.81. The Morgan fingerprint density at radius 3 is 2.29 bits per heavy atom. The van der Waals surface area contributed by atoms with Crippen LogP contribution < -0.4 is 10.6 Å². The van der Waals surface area contributed by atoms with Crippen molar-refractivity contribution in [1.82, 2.24) is 10.6 Å². The van der Waals surface area contributed by atoms with Crippen molar-refractivity contribution in [1.29, 1.82) is 0 Å². The van der Waals surface area contributed by atoms with Gasteiger partial charge in [-0.2, -0.15) is 0 Å². The molecule has 0 aromatic heterocycles. The summed E-state index contributed by atoms with van der Waals surface area (Å²) < 4.78 is 23.8. The zero-order valence-electron chi connectivity index (χ0n) is 19.4. The first-order valence-corrected chi connectivity index (χ1v) is 13.3. The van der Waals surface area contributed by atoms with Crippen molar-refractivity contribution in [3.63, 3.8) is 0 Å². The van der Waals surface area contributed by atoms with Gasteiger partial charge in [-0.1, -0.05) is 66.7 Å². The van der Waals surface area contributed by atoms with Crippen molar-refractivity contribution in [3.05, 3.63) is 83.9 Å². The van der Waals surface area contributed by atoms with Gasteiger partial charge >= 0.3 is 5.97 Å². The summed E-state index contributed by atoms with van der Waals surface area (Å²) in [4.78, 5) is 15.1. The van der Waals surface area contributed by atoms with Gasteiger partial charge in [0.05, 0.1) is 4.90 Å². The molecule has 7 nitrogen and oxygen atoms in total. The van der Waals surface area contributed by atoms with Crippen LogP contribution in [0, 0.1) is 0 Å². The molecule has 35 heavy (non-hydrogen) atoms. The van der Waals surface area contributed by atoms with E-state index in [0.717, 1.165) is 37.3 Å². The Balaban J connectivity index is 0.000000165. The van der Waals surface area contributed by atoms with Crippen LogP contribution in [0.4, 0.5) is 0 Å². The number of carboxylic acid groups (broad SMARTS) is 1. The number of hydrogen-bond acceptors (Lipinski definition) is 6. The molecule has 0 unspecified atom stereocenters. The van der Waals surface area contributed by atoms with Gasteiger partial charge in [0, 0.05) is 36.3 Å². The van der Waals surface area contributed by atoms with Crippen LogP contribution in [0.2, 0.25) is 0 Å². The summed E-state index contributed by atoms with van der Waals surface area (Å²) in [6.07, 6.45) is 5.84. The molecule has 2 aliphatic rings. The number of carbonyl (C=O) groups is 1. The van der Waals surface area contributed by atoms with Crippen LogP contribution in [0.1, 0.15) is 30.4 Å². The lowest BCUT2D eigenvalue weighted by Crippen LogP contribution is -2.30. The van der Waals surface area contributed by atoms with Crippen molar-refractivity contribution in [2.24, 2.45) is 4.99 Å². The maximum Gasteiger partial charge on any atom is 0.319 e. The van der Waals surface area contributed by atoms with Crippen molar-refractivity contribution < 1.29 is 18.3 Å². The molecule has 2 heterocycles. The fourth-order valence-corrected chi connectivity index (χ4v) is 5.39. The van der Waals surface area contributed by atoms with Crippen LogP contribution in [0.3, 0.4) is 0 Å². The fourth-order valence-electron chi connectivity index (χ4n) is 4.10. The summed E-state index contributed by atoms with van der Waals surface area (Å²) in [5.41, 5.74) is 3.73. The van der Waals surface area contributed by atoms with Crippen molar-refractivity contribution in [2.45, 2.75) is 24.2 Å². The number of amidine groups is 1. The van der Waals surface area contributed by atoms with Crippen LogP contribution in [0.15, 0.2) is 82.7 Å². The number of nitrogens with zero attached hydrogens (tertiary/aromatic N) is 1. The first-order chi connectivity index (χ1) is 16.9. The molecule has 0 fully saturated rings. The number of fused-ring (bicyclic) bond motifs is 1. The van der Waals surface area contributed by atoms with E-state index >= 15 is 0 Å². The maximum atomic E-state index is 11.9. The first-order valence-electron chi connectivity index (χ1n) is 11.7. The summed E-state index contributed by atoms with van der Waals surface area (Å²) in [7, 11) is -3.79. The van der Waals surface area contributed by atoms with E-state index in [2.05, 4.69) is 46.0 Å². The van der Waals surface area contributed by atoms with Gasteiger partial charge in [0.25, 0.3) is 0 Å². The topological polar surface area (TPSA) is 108 Å². The zero-order chi connectivity index (χ0) is 24.7. The van der Waals surface area contributed by atoms with Crippen LogP contribution in [0.25, 0.3) is 16.5 Å². The molecule has 2 aliphatic heterocycles. The smallest absolute Gasteiger partial charge is 0.319 e. The molecule has 5 rings (SSSR count). The molecule has 0 saturated heterocycles. The van der Waals surface area contributed by atoms with Crippen molar-refractivity contribution >= 4 is 38.1 Å². The molecule has 8 heteroatoms. The van der Waals surface area contributed by atoms with Gasteiger partial charge in [0.1, 0.15) is 5.84 Å². The van der Waals surface area contributed by atoms with Crippen LogP contribution >= 0.6 is 0 Å². The van der Waals surface area contributed by atoms with E-state index in [4.69, 9.17) is 5.11 Å². The Bertz CT molecular complexity index is 1310. The highest BCUT2D eigenvalue weighted by Crippen LogP contribution is 2.23. The van der Waals surface area contributed by atoms with Gasteiger partial charge in [-0.25, -0.2) is 8.42 Å². The minimum atomic E-state index is -3.79. The SMILES string of the molecule is C1=C(c2ccc(C3=NCCCN3)cc2)NCCC1.O=C(O)CS(=O)(=O)c1cccc2ccccc12. The Morgan fingerprint density at radius 1 is 0.886 bits per heavy atom. The van der Waals surface area contributed by atoms with Gasteiger partial charge in [-0.3, -0.25) is 9.79 Å². The Kier molecular flexibility index (Phi) is 7.82. The summed E-state index contributed by atoms with van der Waals surface area (Å²) in [6.45, 7) is 3.06. The number of aliphatic imine (C=N–C) groups is 1. The molecule has 3 aromatic carbocycles. The predicted octanol–water partition coefficient (Wildman–Crippen LogP) is 3.85. The monoisotopic (exact) mass is 491 g/mol. The summed E-state index contributed by atoms with van der Waals surface area (Å²) in [5, 5.41) is 16.7. The minimum absolute atomic E-state index is 0.0676. The van der Waals surface area contributed by atoms with Crippen LogP contribution in [-0.2, 0) is 14.6 Å². The zero-order valence-corrected chi connectivity index (χ0v) is 20.2. The highest BCUT2D eigenvalue weighted by molar-refractivity contribution is 7.92. The molecule has 0 bridgehead atoms.